The summed E-state index contributed by atoms with van der Waals surface area (Å²) in [5, 5.41) is 11.7. The van der Waals surface area contributed by atoms with Crippen LogP contribution in [0.2, 0.25) is 0 Å². The third kappa shape index (κ3) is 4.13. The second kappa shape index (κ2) is 7.82. The number of benzene rings is 2. The molecule has 2 N–H and O–H groups in total. The van der Waals surface area contributed by atoms with Gasteiger partial charge in [-0.05, 0) is 42.5 Å². The van der Waals surface area contributed by atoms with Gasteiger partial charge in [0.25, 0.3) is 0 Å². The van der Waals surface area contributed by atoms with E-state index in [4.69, 9.17) is 14.6 Å². The molecule has 0 spiro atoms. The van der Waals surface area contributed by atoms with Gasteiger partial charge in [0.2, 0.25) is 0 Å². The van der Waals surface area contributed by atoms with Crippen molar-refractivity contribution in [2.24, 2.45) is 0 Å². The molecule has 0 radical (unpaired) electrons. The Kier molecular flexibility index (Phi) is 5.57. The maximum atomic E-state index is 12.1. The fourth-order valence-electron chi connectivity index (χ4n) is 2.01. The molecule has 0 saturated heterocycles. The number of aromatic carboxylic acids is 1. The highest BCUT2D eigenvalue weighted by Crippen LogP contribution is 2.27. The lowest BCUT2D eigenvalue weighted by Crippen LogP contribution is -1.99. The summed E-state index contributed by atoms with van der Waals surface area (Å²) in [5.41, 5.74) is 1.34. The second-order valence-corrected chi connectivity index (χ2v) is 4.79. The van der Waals surface area contributed by atoms with Gasteiger partial charge in [0.15, 0.2) is 17.3 Å². The van der Waals surface area contributed by atoms with Crippen molar-refractivity contribution in [1.29, 1.82) is 0 Å². The average Bonchev–Trinajstić information content (AvgIpc) is 2.61. The lowest BCUT2D eigenvalue weighted by atomic mass is 10.1. The summed E-state index contributed by atoms with van der Waals surface area (Å²) >= 11 is 0. The quantitative estimate of drug-likeness (QED) is 0.600. The predicted molar refractivity (Wildman–Crippen MR) is 90.0 cm³/mol. The number of carboxylic acid groups (broad SMARTS) is 1. The summed E-state index contributed by atoms with van der Waals surface area (Å²) < 4.78 is 10.3. The number of hydrogen-bond acceptors (Lipinski definition) is 5. The summed E-state index contributed by atoms with van der Waals surface area (Å²) in [4.78, 5) is 22.9. The van der Waals surface area contributed by atoms with Crippen LogP contribution >= 0.6 is 0 Å². The van der Waals surface area contributed by atoms with Crippen LogP contribution in [0.15, 0.2) is 54.7 Å². The number of carbonyl (C=O) groups excluding carboxylic acids is 1. The van der Waals surface area contributed by atoms with E-state index in [0.717, 1.165) is 0 Å². The Morgan fingerprint density at radius 3 is 2.17 bits per heavy atom. The van der Waals surface area contributed by atoms with E-state index in [-0.39, 0.29) is 11.3 Å². The van der Waals surface area contributed by atoms with E-state index >= 15 is 0 Å². The van der Waals surface area contributed by atoms with Gasteiger partial charge in [-0.2, -0.15) is 0 Å². The van der Waals surface area contributed by atoms with Crippen LogP contribution in [0.4, 0.5) is 5.69 Å². The van der Waals surface area contributed by atoms with Crippen LogP contribution in [0.5, 0.6) is 11.5 Å². The summed E-state index contributed by atoms with van der Waals surface area (Å²) in [6, 6.07) is 11.1. The first-order valence-corrected chi connectivity index (χ1v) is 7.08. The van der Waals surface area contributed by atoms with Crippen molar-refractivity contribution >= 4 is 17.4 Å². The summed E-state index contributed by atoms with van der Waals surface area (Å²) in [6.45, 7) is 0. The number of ketones is 1. The molecule has 0 fully saturated rings. The fraction of sp³-hybridized carbons (Fsp3) is 0.111. The molecule has 124 valence electrons. The van der Waals surface area contributed by atoms with E-state index < -0.39 is 5.97 Å². The van der Waals surface area contributed by atoms with E-state index in [1.54, 1.807) is 30.3 Å². The van der Waals surface area contributed by atoms with Gasteiger partial charge in [0, 0.05) is 23.5 Å². The predicted octanol–water partition coefficient (Wildman–Crippen LogP) is 3.21. The average molecular weight is 327 g/mol. The van der Waals surface area contributed by atoms with E-state index in [2.05, 4.69) is 5.32 Å². The van der Waals surface area contributed by atoms with Gasteiger partial charge >= 0.3 is 5.97 Å². The lowest BCUT2D eigenvalue weighted by molar-refractivity contribution is 0.0696. The molecular weight excluding hydrogens is 310 g/mol. The van der Waals surface area contributed by atoms with Crippen molar-refractivity contribution in [2.45, 2.75) is 0 Å². The van der Waals surface area contributed by atoms with Gasteiger partial charge in [-0.25, -0.2) is 4.79 Å². The molecule has 0 heterocycles. The number of carbonyl (C=O) groups is 2. The molecule has 0 aromatic heterocycles. The van der Waals surface area contributed by atoms with Crippen molar-refractivity contribution in [3.05, 3.63) is 65.9 Å². The van der Waals surface area contributed by atoms with Gasteiger partial charge in [0.1, 0.15) is 0 Å². The Hall–Kier alpha value is -3.28. The molecule has 6 nitrogen and oxygen atoms in total. The van der Waals surface area contributed by atoms with Crippen molar-refractivity contribution < 1.29 is 24.2 Å². The fourth-order valence-corrected chi connectivity index (χ4v) is 2.01. The van der Waals surface area contributed by atoms with Crippen LogP contribution in [-0.2, 0) is 0 Å². The Balaban J connectivity index is 2.03. The number of allylic oxidation sites excluding steroid dienone is 1. The molecule has 0 unspecified atom stereocenters. The van der Waals surface area contributed by atoms with Crippen molar-refractivity contribution in [2.75, 3.05) is 19.5 Å². The van der Waals surface area contributed by atoms with Crippen LogP contribution < -0.4 is 14.8 Å². The van der Waals surface area contributed by atoms with Crippen molar-refractivity contribution in [1.82, 2.24) is 0 Å². The van der Waals surface area contributed by atoms with E-state index in [1.807, 2.05) is 0 Å². The number of anilines is 1. The smallest absolute Gasteiger partial charge is 0.335 e. The summed E-state index contributed by atoms with van der Waals surface area (Å²) in [7, 11) is 3.03. The third-order valence-electron chi connectivity index (χ3n) is 3.28. The molecule has 0 aliphatic rings. The zero-order valence-electron chi connectivity index (χ0n) is 13.3. The lowest BCUT2D eigenvalue weighted by Gasteiger charge is -2.08. The first-order valence-electron chi connectivity index (χ1n) is 7.08. The number of methoxy groups -OCH3 is 2. The van der Waals surface area contributed by atoms with Crippen molar-refractivity contribution in [3.8, 4) is 11.5 Å². The Labute approximate surface area is 139 Å². The van der Waals surface area contributed by atoms with Gasteiger partial charge in [-0.15, -0.1) is 0 Å². The number of ether oxygens (including phenoxy) is 2. The number of carboxylic acids is 1. The van der Waals surface area contributed by atoms with E-state index in [1.165, 1.54) is 38.6 Å². The number of hydrogen-bond donors (Lipinski definition) is 2. The van der Waals surface area contributed by atoms with Crippen LogP contribution in [0, 0.1) is 0 Å². The number of nitrogens with one attached hydrogen (secondary N) is 1. The molecule has 0 saturated carbocycles. The maximum Gasteiger partial charge on any atom is 0.335 e. The summed E-state index contributed by atoms with van der Waals surface area (Å²) in [5.74, 6) is -0.157. The minimum atomic E-state index is -0.985. The minimum absolute atomic E-state index is 0.200. The first-order chi connectivity index (χ1) is 11.5. The molecule has 24 heavy (non-hydrogen) atoms. The van der Waals surface area contributed by atoms with Crippen molar-refractivity contribution in [3.63, 3.8) is 0 Å². The Bertz CT molecular complexity index is 765. The molecule has 0 aliphatic heterocycles. The Morgan fingerprint density at radius 1 is 0.958 bits per heavy atom. The summed E-state index contributed by atoms with van der Waals surface area (Å²) in [6.07, 6.45) is 2.88. The molecule has 6 heteroatoms. The van der Waals surface area contributed by atoms with Gasteiger partial charge in [-0.1, -0.05) is 0 Å². The van der Waals surface area contributed by atoms with Gasteiger partial charge in [-0.3, -0.25) is 4.79 Å². The molecule has 0 atom stereocenters. The zero-order chi connectivity index (χ0) is 17.5. The SMILES string of the molecule is COc1ccc(C(=O)/C=C/Nc2ccc(C(=O)O)cc2)cc1OC. The van der Waals surface area contributed by atoms with E-state index in [0.29, 0.717) is 22.7 Å². The van der Waals surface area contributed by atoms with Crippen LogP contribution in [0.1, 0.15) is 20.7 Å². The van der Waals surface area contributed by atoms with Gasteiger partial charge < -0.3 is 19.9 Å². The molecular formula is C18H17NO5. The third-order valence-corrected chi connectivity index (χ3v) is 3.28. The number of rotatable bonds is 7. The highest BCUT2D eigenvalue weighted by Gasteiger charge is 2.08. The molecule has 0 aliphatic carbocycles. The standard InChI is InChI=1S/C18H17NO5/c1-23-16-8-5-13(11-17(16)24-2)15(20)9-10-19-14-6-3-12(4-7-14)18(21)22/h3-11,19H,1-2H3,(H,21,22)/b10-9+. The topological polar surface area (TPSA) is 84.9 Å². The molecule has 2 aromatic rings. The largest absolute Gasteiger partial charge is 0.493 e. The highest BCUT2D eigenvalue weighted by atomic mass is 16.5. The van der Waals surface area contributed by atoms with Crippen LogP contribution in [0.25, 0.3) is 0 Å². The molecule has 2 aromatic carbocycles. The minimum Gasteiger partial charge on any atom is -0.493 e. The molecule has 0 bridgehead atoms. The highest BCUT2D eigenvalue weighted by molar-refractivity contribution is 6.05. The van der Waals surface area contributed by atoms with Crippen LogP contribution in [0.3, 0.4) is 0 Å². The van der Waals surface area contributed by atoms with E-state index in [9.17, 15) is 9.59 Å². The normalized spacial score (nSPS) is 10.4. The molecule has 2 rings (SSSR count). The second-order valence-electron chi connectivity index (χ2n) is 4.79. The maximum absolute atomic E-state index is 12.1. The Morgan fingerprint density at radius 2 is 1.58 bits per heavy atom. The molecule has 0 amide bonds. The van der Waals surface area contributed by atoms with Gasteiger partial charge in [0.05, 0.1) is 19.8 Å². The monoisotopic (exact) mass is 327 g/mol. The van der Waals surface area contributed by atoms with Crippen LogP contribution in [-0.4, -0.2) is 31.1 Å². The zero-order valence-corrected chi connectivity index (χ0v) is 13.3. The first kappa shape index (κ1) is 17.1.